The Morgan fingerprint density at radius 1 is 1.41 bits per heavy atom. The molecule has 0 spiro atoms. The molecule has 1 unspecified atom stereocenters. The molecule has 0 saturated carbocycles. The second-order valence-electron chi connectivity index (χ2n) is 4.86. The van der Waals surface area contributed by atoms with E-state index in [-0.39, 0.29) is 11.5 Å². The smallest absolute Gasteiger partial charge is 0.326 e. The number of halogens is 1. The molecule has 116 valence electrons. The second kappa shape index (κ2) is 7.78. The van der Waals surface area contributed by atoms with E-state index in [4.69, 9.17) is 10.4 Å². The van der Waals surface area contributed by atoms with Gasteiger partial charge in [-0.1, -0.05) is 19.9 Å². The molecule has 0 heterocycles. The van der Waals surface area contributed by atoms with Gasteiger partial charge in [-0.25, -0.2) is 9.18 Å². The topological polar surface area (TPSA) is 102 Å². The Morgan fingerprint density at radius 3 is 2.59 bits per heavy atom. The van der Waals surface area contributed by atoms with Gasteiger partial charge in [-0.05, 0) is 24.1 Å². The van der Waals surface area contributed by atoms with Gasteiger partial charge in [-0.2, -0.15) is 5.26 Å². The van der Waals surface area contributed by atoms with E-state index >= 15 is 0 Å². The molecular formula is C15H16FN3O3. The van der Waals surface area contributed by atoms with Crippen molar-refractivity contribution in [2.75, 3.05) is 5.32 Å². The highest BCUT2D eigenvalue weighted by molar-refractivity contribution is 5.99. The van der Waals surface area contributed by atoms with Crippen LogP contribution in [0.25, 0.3) is 0 Å². The number of carboxylic acid groups (broad SMARTS) is 1. The standard InChI is InChI=1S/C15H16FN3O3/c1-9(2)13(15(21)22)19-14(20)10(7-17)8-18-12-5-3-4-11(16)6-12/h3-6,8-9,13,18H,1-2H3,(H,19,20)(H,21,22)/b10-8-. The number of carboxylic acids is 1. The lowest BCUT2D eigenvalue weighted by Crippen LogP contribution is -2.44. The van der Waals surface area contributed by atoms with E-state index in [1.165, 1.54) is 18.2 Å². The van der Waals surface area contributed by atoms with Crippen molar-refractivity contribution in [3.63, 3.8) is 0 Å². The zero-order valence-corrected chi connectivity index (χ0v) is 12.1. The van der Waals surface area contributed by atoms with Crippen molar-refractivity contribution in [2.45, 2.75) is 19.9 Å². The van der Waals surface area contributed by atoms with Gasteiger partial charge in [0.25, 0.3) is 5.91 Å². The van der Waals surface area contributed by atoms with Gasteiger partial charge in [-0.3, -0.25) is 4.79 Å². The van der Waals surface area contributed by atoms with Crippen molar-refractivity contribution in [1.82, 2.24) is 5.32 Å². The fourth-order valence-electron chi connectivity index (χ4n) is 1.61. The quantitative estimate of drug-likeness (QED) is 0.550. The number of nitriles is 1. The van der Waals surface area contributed by atoms with E-state index in [2.05, 4.69) is 10.6 Å². The number of carbonyl (C=O) groups excluding carboxylic acids is 1. The highest BCUT2D eigenvalue weighted by Gasteiger charge is 2.24. The minimum absolute atomic E-state index is 0.309. The third-order valence-electron chi connectivity index (χ3n) is 2.79. The fourth-order valence-corrected chi connectivity index (χ4v) is 1.61. The van der Waals surface area contributed by atoms with Gasteiger partial charge in [0.2, 0.25) is 0 Å². The maximum atomic E-state index is 13.0. The molecule has 0 aliphatic heterocycles. The lowest BCUT2D eigenvalue weighted by Gasteiger charge is -2.17. The first kappa shape index (κ1) is 17.2. The summed E-state index contributed by atoms with van der Waals surface area (Å²) in [5, 5.41) is 22.9. The maximum absolute atomic E-state index is 13.0. The average molecular weight is 305 g/mol. The van der Waals surface area contributed by atoms with Gasteiger partial charge in [-0.15, -0.1) is 0 Å². The average Bonchev–Trinajstić information content (AvgIpc) is 2.44. The van der Waals surface area contributed by atoms with Crippen LogP contribution in [-0.2, 0) is 9.59 Å². The number of anilines is 1. The zero-order chi connectivity index (χ0) is 16.7. The first-order valence-corrected chi connectivity index (χ1v) is 6.51. The van der Waals surface area contributed by atoms with Crippen molar-refractivity contribution in [3.8, 4) is 6.07 Å². The first-order valence-electron chi connectivity index (χ1n) is 6.51. The summed E-state index contributed by atoms with van der Waals surface area (Å²) >= 11 is 0. The van der Waals surface area contributed by atoms with Crippen LogP contribution in [0.15, 0.2) is 36.0 Å². The summed E-state index contributed by atoms with van der Waals surface area (Å²) in [7, 11) is 0. The number of aliphatic carboxylic acids is 1. The molecule has 0 aromatic heterocycles. The molecule has 3 N–H and O–H groups in total. The van der Waals surface area contributed by atoms with Gasteiger partial charge in [0.1, 0.15) is 23.5 Å². The fraction of sp³-hybridized carbons (Fsp3) is 0.267. The van der Waals surface area contributed by atoms with Crippen LogP contribution >= 0.6 is 0 Å². The minimum Gasteiger partial charge on any atom is -0.480 e. The molecule has 1 amide bonds. The third kappa shape index (κ3) is 4.90. The second-order valence-corrected chi connectivity index (χ2v) is 4.86. The van der Waals surface area contributed by atoms with Crippen LogP contribution in [0.1, 0.15) is 13.8 Å². The molecule has 1 aromatic carbocycles. The SMILES string of the molecule is CC(C)C(NC(=O)/C(C#N)=C\Nc1cccc(F)c1)C(=O)O. The van der Waals surface area contributed by atoms with Gasteiger partial charge in [0, 0.05) is 11.9 Å². The van der Waals surface area contributed by atoms with Crippen molar-refractivity contribution >= 4 is 17.6 Å². The Hall–Kier alpha value is -2.88. The summed E-state index contributed by atoms with van der Waals surface area (Å²) in [6, 6.07) is 6.05. The van der Waals surface area contributed by atoms with E-state index in [1.54, 1.807) is 26.0 Å². The first-order chi connectivity index (χ1) is 10.3. The molecule has 0 saturated heterocycles. The van der Waals surface area contributed by atoms with Crippen molar-refractivity contribution in [1.29, 1.82) is 5.26 Å². The van der Waals surface area contributed by atoms with Crippen molar-refractivity contribution in [3.05, 3.63) is 41.9 Å². The molecule has 1 atom stereocenters. The Labute approximate surface area is 127 Å². The molecule has 7 heteroatoms. The van der Waals surface area contributed by atoms with E-state index in [0.29, 0.717) is 5.69 Å². The summed E-state index contributed by atoms with van der Waals surface area (Å²) in [5.41, 5.74) is 0.0513. The molecule has 22 heavy (non-hydrogen) atoms. The van der Waals surface area contributed by atoms with Crippen LogP contribution in [0, 0.1) is 23.1 Å². The number of benzene rings is 1. The van der Waals surface area contributed by atoms with E-state index in [0.717, 1.165) is 6.20 Å². The summed E-state index contributed by atoms with van der Waals surface area (Å²) in [4.78, 5) is 22.9. The third-order valence-corrected chi connectivity index (χ3v) is 2.79. The number of hydrogen-bond acceptors (Lipinski definition) is 4. The van der Waals surface area contributed by atoms with E-state index in [9.17, 15) is 14.0 Å². The van der Waals surface area contributed by atoms with Crippen LogP contribution in [0.5, 0.6) is 0 Å². The molecule has 0 radical (unpaired) electrons. The predicted octanol–water partition coefficient (Wildman–Crippen LogP) is 1.87. The molecule has 0 aliphatic rings. The highest BCUT2D eigenvalue weighted by Crippen LogP contribution is 2.10. The van der Waals surface area contributed by atoms with Crippen LogP contribution in [-0.4, -0.2) is 23.0 Å². The molecule has 1 aromatic rings. The molecule has 0 fully saturated rings. The highest BCUT2D eigenvalue weighted by atomic mass is 19.1. The Kier molecular flexibility index (Phi) is 6.08. The van der Waals surface area contributed by atoms with Gasteiger partial charge < -0.3 is 15.7 Å². The largest absolute Gasteiger partial charge is 0.480 e. The van der Waals surface area contributed by atoms with Gasteiger partial charge in [0.05, 0.1) is 0 Å². The van der Waals surface area contributed by atoms with E-state index < -0.39 is 23.7 Å². The lowest BCUT2D eigenvalue weighted by molar-refractivity contribution is -0.142. The minimum atomic E-state index is -1.18. The molecule has 1 rings (SSSR count). The van der Waals surface area contributed by atoms with Gasteiger partial charge in [0.15, 0.2) is 0 Å². The molecular weight excluding hydrogens is 289 g/mol. The van der Waals surface area contributed by atoms with Crippen LogP contribution < -0.4 is 10.6 Å². The van der Waals surface area contributed by atoms with Crippen LogP contribution in [0.2, 0.25) is 0 Å². The summed E-state index contributed by atoms with van der Waals surface area (Å²) in [5.74, 6) is -2.80. The summed E-state index contributed by atoms with van der Waals surface area (Å²) in [6.07, 6.45) is 1.10. The number of nitrogens with one attached hydrogen (secondary N) is 2. The summed E-state index contributed by atoms with van der Waals surface area (Å²) in [6.45, 7) is 3.28. The molecule has 6 nitrogen and oxygen atoms in total. The maximum Gasteiger partial charge on any atom is 0.326 e. The normalized spacial score (nSPS) is 12.4. The summed E-state index contributed by atoms with van der Waals surface area (Å²) < 4.78 is 13.0. The Bertz CT molecular complexity index is 635. The lowest BCUT2D eigenvalue weighted by atomic mass is 10.0. The molecule has 0 bridgehead atoms. The zero-order valence-electron chi connectivity index (χ0n) is 12.1. The van der Waals surface area contributed by atoms with Crippen LogP contribution in [0.4, 0.5) is 10.1 Å². The number of nitrogens with zero attached hydrogens (tertiary/aromatic N) is 1. The Balaban J connectivity index is 2.82. The monoisotopic (exact) mass is 305 g/mol. The van der Waals surface area contributed by atoms with Crippen molar-refractivity contribution < 1.29 is 19.1 Å². The van der Waals surface area contributed by atoms with Crippen LogP contribution in [0.3, 0.4) is 0 Å². The number of amides is 1. The van der Waals surface area contributed by atoms with Crippen molar-refractivity contribution in [2.24, 2.45) is 5.92 Å². The number of carbonyl (C=O) groups is 2. The van der Waals surface area contributed by atoms with Gasteiger partial charge >= 0.3 is 5.97 Å². The number of hydrogen-bond donors (Lipinski definition) is 3. The molecule has 0 aliphatic carbocycles. The van der Waals surface area contributed by atoms with E-state index in [1.807, 2.05) is 0 Å². The number of rotatable bonds is 6. The Morgan fingerprint density at radius 2 is 2.09 bits per heavy atom. The predicted molar refractivity (Wildman–Crippen MR) is 78.1 cm³/mol.